The van der Waals surface area contributed by atoms with Gasteiger partial charge in [0, 0.05) is 42.4 Å². The van der Waals surface area contributed by atoms with Crippen molar-refractivity contribution in [3.8, 4) is 5.69 Å². The van der Waals surface area contributed by atoms with Crippen molar-refractivity contribution < 1.29 is 4.79 Å². The molecule has 2 amide bonds. The highest BCUT2D eigenvalue weighted by Crippen LogP contribution is 2.48. The van der Waals surface area contributed by atoms with E-state index in [0.29, 0.717) is 18.4 Å². The highest BCUT2D eigenvalue weighted by molar-refractivity contribution is 5.94. The topological polar surface area (TPSA) is 88.0 Å². The first kappa shape index (κ1) is 17.4. The van der Waals surface area contributed by atoms with E-state index in [-0.39, 0.29) is 12.1 Å². The first-order valence-electron chi connectivity index (χ1n) is 10.5. The predicted octanol–water partition coefficient (Wildman–Crippen LogP) is 3.62. The van der Waals surface area contributed by atoms with E-state index in [0.717, 1.165) is 35.1 Å². The van der Waals surface area contributed by atoms with Crippen LogP contribution in [0.25, 0.3) is 5.69 Å². The molecule has 3 aliphatic rings. The van der Waals surface area contributed by atoms with Gasteiger partial charge in [-0.2, -0.15) is 10.1 Å². The monoisotopic (exact) mass is 401 g/mol. The van der Waals surface area contributed by atoms with Gasteiger partial charge in [-0.15, -0.1) is 0 Å². The van der Waals surface area contributed by atoms with Crippen LogP contribution in [0.15, 0.2) is 48.9 Å². The van der Waals surface area contributed by atoms with Crippen molar-refractivity contribution in [3.05, 3.63) is 54.5 Å². The summed E-state index contributed by atoms with van der Waals surface area (Å²) in [6.45, 7) is 0.477. The third kappa shape index (κ3) is 2.91. The second-order valence-corrected chi connectivity index (χ2v) is 8.44. The zero-order valence-corrected chi connectivity index (χ0v) is 16.5. The third-order valence-electron chi connectivity index (χ3n) is 6.64. The van der Waals surface area contributed by atoms with Crippen LogP contribution in [0.1, 0.15) is 31.2 Å². The minimum absolute atomic E-state index is 0.0340. The molecule has 3 unspecified atom stereocenters. The smallest absolute Gasteiger partial charge is 0.323 e. The maximum atomic E-state index is 12.8. The summed E-state index contributed by atoms with van der Waals surface area (Å²) in [5, 5.41) is 10.5. The van der Waals surface area contributed by atoms with Crippen molar-refractivity contribution in [1.29, 1.82) is 0 Å². The van der Waals surface area contributed by atoms with Crippen molar-refractivity contribution in [3.63, 3.8) is 0 Å². The van der Waals surface area contributed by atoms with Crippen molar-refractivity contribution in [1.82, 2.24) is 25.1 Å². The Kier molecular flexibility index (Phi) is 3.97. The van der Waals surface area contributed by atoms with Crippen molar-refractivity contribution in [2.24, 2.45) is 11.8 Å². The lowest BCUT2D eigenvalue weighted by molar-refractivity contribution is 0.237. The van der Waals surface area contributed by atoms with Crippen LogP contribution in [-0.4, -0.2) is 31.8 Å². The SMILES string of the molecule is O=C1NCc2cnc(Nc3ccc(-n4cccn4)cc3)nc2N1C1CC2CCC1C2. The maximum Gasteiger partial charge on any atom is 0.323 e. The second-order valence-electron chi connectivity index (χ2n) is 8.44. The lowest BCUT2D eigenvalue weighted by atomic mass is 9.93. The summed E-state index contributed by atoms with van der Waals surface area (Å²) in [5.41, 5.74) is 2.84. The zero-order valence-electron chi connectivity index (χ0n) is 16.5. The summed E-state index contributed by atoms with van der Waals surface area (Å²) >= 11 is 0. The molecule has 0 radical (unpaired) electrons. The number of urea groups is 1. The molecule has 6 rings (SSSR count). The summed E-state index contributed by atoms with van der Waals surface area (Å²) in [5.74, 6) is 2.60. The van der Waals surface area contributed by atoms with Gasteiger partial charge in [-0.1, -0.05) is 6.42 Å². The van der Waals surface area contributed by atoms with E-state index < -0.39 is 0 Å². The molecule has 2 bridgehead atoms. The highest BCUT2D eigenvalue weighted by Gasteiger charge is 2.46. The van der Waals surface area contributed by atoms with Crippen LogP contribution in [0.2, 0.25) is 0 Å². The number of anilines is 3. The largest absolute Gasteiger partial charge is 0.333 e. The van der Waals surface area contributed by atoms with Gasteiger partial charge >= 0.3 is 6.03 Å². The summed E-state index contributed by atoms with van der Waals surface area (Å²) in [4.78, 5) is 23.9. The molecule has 8 nitrogen and oxygen atoms in total. The van der Waals surface area contributed by atoms with Gasteiger partial charge in [0.05, 0.1) is 5.69 Å². The van der Waals surface area contributed by atoms with E-state index >= 15 is 0 Å². The molecule has 3 heterocycles. The average Bonchev–Trinajstić information content (AvgIpc) is 3.53. The Balaban J connectivity index is 1.27. The molecule has 3 aromatic rings. The number of hydrogen-bond acceptors (Lipinski definition) is 5. The van der Waals surface area contributed by atoms with Crippen LogP contribution in [0.4, 0.5) is 22.2 Å². The molecule has 152 valence electrons. The minimum Gasteiger partial charge on any atom is -0.333 e. The van der Waals surface area contributed by atoms with Gasteiger partial charge in [0.2, 0.25) is 5.95 Å². The lowest BCUT2D eigenvalue weighted by Crippen LogP contribution is -2.52. The molecule has 1 aliphatic heterocycles. The number of rotatable bonds is 4. The number of nitrogens with one attached hydrogen (secondary N) is 2. The van der Waals surface area contributed by atoms with Gasteiger partial charge in [0.25, 0.3) is 0 Å². The number of fused-ring (bicyclic) bond motifs is 3. The summed E-state index contributed by atoms with van der Waals surface area (Å²) in [6, 6.07) is 10.0. The summed E-state index contributed by atoms with van der Waals surface area (Å²) in [6.07, 6.45) is 10.3. The van der Waals surface area contributed by atoms with Gasteiger partial charge in [-0.05, 0) is 61.4 Å². The van der Waals surface area contributed by atoms with Gasteiger partial charge in [0.15, 0.2) is 0 Å². The minimum atomic E-state index is -0.0340. The average molecular weight is 401 g/mol. The number of benzene rings is 1. The molecular weight excluding hydrogens is 378 g/mol. The molecule has 0 spiro atoms. The van der Waals surface area contributed by atoms with Gasteiger partial charge in [-0.3, -0.25) is 4.90 Å². The number of amides is 2. The van der Waals surface area contributed by atoms with Crippen LogP contribution in [-0.2, 0) is 6.54 Å². The highest BCUT2D eigenvalue weighted by atomic mass is 16.2. The Morgan fingerprint density at radius 3 is 2.77 bits per heavy atom. The lowest BCUT2D eigenvalue weighted by Gasteiger charge is -2.37. The third-order valence-corrected chi connectivity index (χ3v) is 6.64. The van der Waals surface area contributed by atoms with Crippen LogP contribution >= 0.6 is 0 Å². The molecule has 30 heavy (non-hydrogen) atoms. The zero-order chi connectivity index (χ0) is 20.1. The molecular formula is C22H23N7O. The van der Waals surface area contributed by atoms with E-state index in [1.54, 1.807) is 6.20 Å². The Morgan fingerprint density at radius 1 is 1.13 bits per heavy atom. The molecule has 2 fully saturated rings. The van der Waals surface area contributed by atoms with Crippen LogP contribution in [0.3, 0.4) is 0 Å². The van der Waals surface area contributed by atoms with Crippen molar-refractivity contribution >= 4 is 23.5 Å². The normalized spacial score (nSPS) is 24.6. The van der Waals surface area contributed by atoms with Crippen LogP contribution in [0, 0.1) is 11.8 Å². The molecule has 2 N–H and O–H groups in total. The first-order valence-corrected chi connectivity index (χ1v) is 10.5. The van der Waals surface area contributed by atoms with E-state index in [9.17, 15) is 4.79 Å². The van der Waals surface area contributed by atoms with Gasteiger partial charge in [0.1, 0.15) is 5.82 Å². The quantitative estimate of drug-likeness (QED) is 0.697. The standard InChI is InChI=1S/C22H23N7O/c30-22-24-13-16-12-23-21(26-17-4-6-18(7-5-17)28-9-1-8-25-28)27-20(16)29(22)19-11-14-2-3-15(19)10-14/h1,4-9,12,14-15,19H,2-3,10-11,13H2,(H,24,30)(H,23,26,27). The number of carbonyl (C=O) groups is 1. The summed E-state index contributed by atoms with van der Waals surface area (Å²) in [7, 11) is 0. The fraction of sp³-hybridized carbons (Fsp3) is 0.364. The van der Waals surface area contributed by atoms with E-state index in [4.69, 9.17) is 4.98 Å². The number of carbonyl (C=O) groups excluding carboxylic acids is 1. The van der Waals surface area contributed by atoms with E-state index in [1.165, 1.54) is 19.3 Å². The second kappa shape index (κ2) is 6.83. The van der Waals surface area contributed by atoms with E-state index in [1.807, 2.05) is 52.3 Å². The molecule has 2 aliphatic carbocycles. The Labute approximate surface area is 174 Å². The Morgan fingerprint density at radius 2 is 2.03 bits per heavy atom. The fourth-order valence-electron chi connectivity index (χ4n) is 5.23. The Hall–Kier alpha value is -3.42. The molecule has 2 saturated carbocycles. The molecule has 1 aromatic carbocycles. The van der Waals surface area contributed by atoms with Gasteiger partial charge < -0.3 is 10.6 Å². The summed E-state index contributed by atoms with van der Waals surface area (Å²) < 4.78 is 1.81. The Bertz CT molecular complexity index is 1080. The number of nitrogens with zero attached hydrogens (tertiary/aromatic N) is 5. The van der Waals surface area contributed by atoms with Crippen LogP contribution in [0.5, 0.6) is 0 Å². The predicted molar refractivity (Wildman–Crippen MR) is 113 cm³/mol. The van der Waals surface area contributed by atoms with E-state index in [2.05, 4.69) is 20.7 Å². The van der Waals surface area contributed by atoms with Crippen molar-refractivity contribution in [2.45, 2.75) is 38.3 Å². The fourth-order valence-corrected chi connectivity index (χ4v) is 5.23. The molecule has 3 atom stereocenters. The van der Waals surface area contributed by atoms with Crippen molar-refractivity contribution in [2.75, 3.05) is 10.2 Å². The first-order chi connectivity index (χ1) is 14.7. The maximum absolute atomic E-state index is 12.8. The number of aromatic nitrogens is 4. The van der Waals surface area contributed by atoms with Crippen LogP contribution < -0.4 is 15.5 Å². The van der Waals surface area contributed by atoms with Gasteiger partial charge in [-0.25, -0.2) is 14.5 Å². The number of hydrogen-bond donors (Lipinski definition) is 2. The molecule has 8 heteroatoms. The molecule has 0 saturated heterocycles. The molecule has 2 aromatic heterocycles.